The van der Waals surface area contributed by atoms with Crippen molar-refractivity contribution in [2.24, 2.45) is 0 Å². The number of rotatable bonds is 5. The molecule has 140 valence electrons. The van der Waals surface area contributed by atoms with Crippen molar-refractivity contribution in [1.82, 2.24) is 4.98 Å². The summed E-state index contributed by atoms with van der Waals surface area (Å²) in [6.07, 6.45) is -0.684. The molecule has 2 aromatic carbocycles. The Morgan fingerprint density at radius 2 is 1.86 bits per heavy atom. The van der Waals surface area contributed by atoms with Gasteiger partial charge in [0.25, 0.3) is 0 Å². The summed E-state index contributed by atoms with van der Waals surface area (Å²) in [4.78, 5) is 27.6. The SMILES string of the molecule is Cc1ccc(C)c(-c2cccc3c(C#N)c(O)c(C(=O)CCC(=O)O)nc23)c1. The van der Waals surface area contributed by atoms with Crippen LogP contribution in [0.1, 0.15) is 40.0 Å². The molecule has 1 aromatic heterocycles. The highest BCUT2D eigenvalue weighted by molar-refractivity contribution is 6.05. The number of Topliss-reactive ketones (excluding diaryl/α,β-unsaturated/α-hetero) is 1. The van der Waals surface area contributed by atoms with Crippen molar-refractivity contribution >= 4 is 22.7 Å². The highest BCUT2D eigenvalue weighted by atomic mass is 16.4. The van der Waals surface area contributed by atoms with Gasteiger partial charge in [-0.15, -0.1) is 0 Å². The van der Waals surface area contributed by atoms with E-state index in [0.717, 1.165) is 22.3 Å². The molecule has 2 N–H and O–H groups in total. The van der Waals surface area contributed by atoms with E-state index in [1.165, 1.54) is 0 Å². The molecule has 0 saturated heterocycles. The fourth-order valence-electron chi connectivity index (χ4n) is 3.17. The number of pyridine rings is 1. The van der Waals surface area contributed by atoms with Crippen molar-refractivity contribution in [1.29, 1.82) is 5.26 Å². The number of para-hydroxylation sites is 1. The number of carbonyl (C=O) groups excluding carboxylic acids is 1. The van der Waals surface area contributed by atoms with Gasteiger partial charge >= 0.3 is 5.97 Å². The molecule has 6 heteroatoms. The Bertz CT molecular complexity index is 1160. The first-order valence-corrected chi connectivity index (χ1v) is 8.72. The third kappa shape index (κ3) is 3.42. The molecule has 0 bridgehead atoms. The van der Waals surface area contributed by atoms with Crippen LogP contribution in [-0.2, 0) is 4.79 Å². The van der Waals surface area contributed by atoms with Crippen LogP contribution in [0, 0.1) is 25.2 Å². The van der Waals surface area contributed by atoms with Gasteiger partial charge in [0, 0.05) is 17.4 Å². The molecule has 0 amide bonds. The van der Waals surface area contributed by atoms with Crippen LogP contribution in [0.4, 0.5) is 0 Å². The van der Waals surface area contributed by atoms with E-state index in [4.69, 9.17) is 5.11 Å². The van der Waals surface area contributed by atoms with E-state index in [0.29, 0.717) is 10.9 Å². The average molecular weight is 374 g/mol. The zero-order chi connectivity index (χ0) is 20.4. The van der Waals surface area contributed by atoms with E-state index in [-0.39, 0.29) is 24.1 Å². The largest absolute Gasteiger partial charge is 0.504 e. The van der Waals surface area contributed by atoms with Crippen molar-refractivity contribution in [3.63, 3.8) is 0 Å². The van der Waals surface area contributed by atoms with Crippen molar-refractivity contribution in [3.8, 4) is 22.9 Å². The van der Waals surface area contributed by atoms with Crippen molar-refractivity contribution in [3.05, 3.63) is 58.8 Å². The zero-order valence-electron chi connectivity index (χ0n) is 15.5. The second kappa shape index (κ2) is 7.49. The number of nitrogens with zero attached hydrogens (tertiary/aromatic N) is 2. The highest BCUT2D eigenvalue weighted by Crippen LogP contribution is 2.36. The van der Waals surface area contributed by atoms with Gasteiger partial charge in [-0.2, -0.15) is 5.26 Å². The Morgan fingerprint density at radius 1 is 1.11 bits per heavy atom. The molecule has 6 nitrogen and oxygen atoms in total. The highest BCUT2D eigenvalue weighted by Gasteiger charge is 2.22. The Kier molecular flexibility index (Phi) is 5.10. The van der Waals surface area contributed by atoms with Gasteiger partial charge in [-0.3, -0.25) is 9.59 Å². The van der Waals surface area contributed by atoms with E-state index in [1.54, 1.807) is 12.1 Å². The summed E-state index contributed by atoms with van der Waals surface area (Å²) in [6, 6.07) is 13.2. The number of hydrogen-bond donors (Lipinski definition) is 2. The quantitative estimate of drug-likeness (QED) is 0.649. The molecular weight excluding hydrogens is 356 g/mol. The maximum atomic E-state index is 12.5. The van der Waals surface area contributed by atoms with Crippen LogP contribution in [0.3, 0.4) is 0 Å². The zero-order valence-corrected chi connectivity index (χ0v) is 15.5. The van der Waals surface area contributed by atoms with Gasteiger partial charge in [0.1, 0.15) is 17.3 Å². The number of fused-ring (bicyclic) bond motifs is 1. The topological polar surface area (TPSA) is 111 Å². The molecule has 0 fully saturated rings. The molecule has 0 atom stereocenters. The third-order valence-corrected chi connectivity index (χ3v) is 4.62. The fourth-order valence-corrected chi connectivity index (χ4v) is 3.17. The van der Waals surface area contributed by atoms with Crippen LogP contribution in [0.25, 0.3) is 22.0 Å². The van der Waals surface area contributed by atoms with Gasteiger partial charge in [-0.05, 0) is 25.0 Å². The minimum atomic E-state index is -1.12. The lowest BCUT2D eigenvalue weighted by atomic mass is 9.94. The third-order valence-electron chi connectivity index (χ3n) is 4.62. The Morgan fingerprint density at radius 3 is 2.54 bits per heavy atom. The number of aliphatic carboxylic acids is 1. The number of carboxylic acid groups (broad SMARTS) is 1. The van der Waals surface area contributed by atoms with Crippen LogP contribution < -0.4 is 0 Å². The molecule has 0 aliphatic carbocycles. The molecule has 28 heavy (non-hydrogen) atoms. The lowest BCUT2D eigenvalue weighted by Gasteiger charge is -2.13. The normalized spacial score (nSPS) is 10.6. The second-order valence-electron chi connectivity index (χ2n) is 6.63. The molecule has 0 unspecified atom stereocenters. The molecule has 0 spiro atoms. The van der Waals surface area contributed by atoms with Gasteiger partial charge in [-0.1, -0.05) is 42.0 Å². The first-order chi connectivity index (χ1) is 13.3. The van der Waals surface area contributed by atoms with Crippen molar-refractivity contribution in [2.45, 2.75) is 26.7 Å². The van der Waals surface area contributed by atoms with Crippen LogP contribution in [0.5, 0.6) is 5.75 Å². The van der Waals surface area contributed by atoms with Crippen LogP contribution in [0.15, 0.2) is 36.4 Å². The Labute approximate surface area is 161 Å². The van der Waals surface area contributed by atoms with Gasteiger partial charge < -0.3 is 10.2 Å². The summed E-state index contributed by atoms with van der Waals surface area (Å²) in [5, 5.41) is 29.2. The first-order valence-electron chi connectivity index (χ1n) is 8.72. The minimum Gasteiger partial charge on any atom is -0.504 e. The van der Waals surface area contributed by atoms with Crippen molar-refractivity contribution in [2.75, 3.05) is 0 Å². The number of ketones is 1. The van der Waals surface area contributed by atoms with Crippen LogP contribution >= 0.6 is 0 Å². The van der Waals surface area contributed by atoms with E-state index < -0.39 is 17.5 Å². The van der Waals surface area contributed by atoms with Gasteiger partial charge in [-0.25, -0.2) is 4.98 Å². The van der Waals surface area contributed by atoms with Crippen LogP contribution in [0.2, 0.25) is 0 Å². The molecule has 1 heterocycles. The molecule has 0 aliphatic heterocycles. The Balaban J connectivity index is 2.30. The lowest BCUT2D eigenvalue weighted by molar-refractivity contribution is -0.136. The fraction of sp³-hybridized carbons (Fsp3) is 0.182. The van der Waals surface area contributed by atoms with Gasteiger partial charge in [0.05, 0.1) is 11.9 Å². The molecule has 0 saturated carbocycles. The monoisotopic (exact) mass is 374 g/mol. The summed E-state index contributed by atoms with van der Waals surface area (Å²) in [6.45, 7) is 3.92. The average Bonchev–Trinajstić information content (AvgIpc) is 2.67. The van der Waals surface area contributed by atoms with Gasteiger partial charge in [0.2, 0.25) is 0 Å². The number of aryl methyl sites for hydroxylation is 2. The smallest absolute Gasteiger partial charge is 0.303 e. The van der Waals surface area contributed by atoms with Gasteiger partial charge in [0.15, 0.2) is 11.5 Å². The molecule has 3 aromatic rings. The number of carbonyl (C=O) groups is 2. The summed E-state index contributed by atoms with van der Waals surface area (Å²) < 4.78 is 0. The number of benzene rings is 2. The minimum absolute atomic E-state index is 0.0455. The summed E-state index contributed by atoms with van der Waals surface area (Å²) >= 11 is 0. The summed E-state index contributed by atoms with van der Waals surface area (Å²) in [5.74, 6) is -2.25. The maximum Gasteiger partial charge on any atom is 0.303 e. The number of aromatic hydroxyl groups is 1. The predicted octanol–water partition coefficient (Wildman–Crippen LogP) is 4.14. The molecule has 0 radical (unpaired) electrons. The number of aromatic nitrogens is 1. The summed E-state index contributed by atoms with van der Waals surface area (Å²) in [5.41, 5.74) is 3.81. The van der Waals surface area contributed by atoms with E-state index >= 15 is 0 Å². The standard InChI is InChI=1S/C22H18N2O4/c1-12-6-7-13(2)16(10-12)14-4-3-5-15-17(11-23)22(28)21(24-20(14)15)18(25)8-9-19(26)27/h3-7,10,28H,8-9H2,1-2H3,(H,26,27). The predicted molar refractivity (Wildman–Crippen MR) is 104 cm³/mol. The van der Waals surface area contributed by atoms with E-state index in [2.05, 4.69) is 4.98 Å². The molecule has 3 rings (SSSR count). The maximum absolute atomic E-state index is 12.5. The number of hydrogen-bond acceptors (Lipinski definition) is 5. The number of nitriles is 1. The van der Waals surface area contributed by atoms with Crippen LogP contribution in [-0.4, -0.2) is 26.9 Å². The molecular formula is C22H18N2O4. The second-order valence-corrected chi connectivity index (χ2v) is 6.63. The molecule has 0 aliphatic rings. The lowest BCUT2D eigenvalue weighted by Crippen LogP contribution is -2.08. The Hall–Kier alpha value is -3.72. The van der Waals surface area contributed by atoms with E-state index in [9.17, 15) is 20.0 Å². The van der Waals surface area contributed by atoms with Crippen molar-refractivity contribution < 1.29 is 19.8 Å². The van der Waals surface area contributed by atoms with E-state index in [1.807, 2.05) is 44.2 Å². The summed E-state index contributed by atoms with van der Waals surface area (Å²) in [7, 11) is 0. The number of carboxylic acids is 1. The first kappa shape index (κ1) is 19.1.